The van der Waals surface area contributed by atoms with Gasteiger partial charge in [-0.2, -0.15) is 9.40 Å². The highest BCUT2D eigenvalue weighted by molar-refractivity contribution is 7.89. The summed E-state index contributed by atoms with van der Waals surface area (Å²) in [7, 11) is -4.52. The number of hydrogen-bond donors (Lipinski definition) is 2. The van der Waals surface area contributed by atoms with Gasteiger partial charge < -0.3 is 24.8 Å². The summed E-state index contributed by atoms with van der Waals surface area (Å²) >= 11 is 1.02. The van der Waals surface area contributed by atoms with Crippen LogP contribution in [-0.4, -0.2) is 82.9 Å². The van der Waals surface area contributed by atoms with Gasteiger partial charge in [-0.05, 0) is 42.0 Å². The zero-order valence-electron chi connectivity index (χ0n) is 25.1. The first-order chi connectivity index (χ1) is 23.4. The van der Waals surface area contributed by atoms with Gasteiger partial charge in [0.25, 0.3) is 5.56 Å². The highest BCUT2D eigenvalue weighted by Crippen LogP contribution is 2.31. The Morgan fingerprint density at radius 3 is 2.14 bits per heavy atom. The van der Waals surface area contributed by atoms with Gasteiger partial charge in [-0.1, -0.05) is 23.5 Å². The summed E-state index contributed by atoms with van der Waals surface area (Å²) < 4.78 is 113. The minimum Gasteiger partial charge on any atom is -0.481 e. The zero-order chi connectivity index (χ0) is 36.4. The predicted molar refractivity (Wildman–Crippen MR) is 162 cm³/mol. The van der Waals surface area contributed by atoms with Crippen molar-refractivity contribution < 1.29 is 58.9 Å². The van der Waals surface area contributed by atoms with Crippen LogP contribution in [0.15, 0.2) is 64.4 Å². The van der Waals surface area contributed by atoms with Gasteiger partial charge in [0, 0.05) is 26.2 Å². The number of hydrogen-bond acceptors (Lipinski definition) is 11. The van der Waals surface area contributed by atoms with Gasteiger partial charge in [-0.15, -0.1) is 26.3 Å². The third kappa shape index (κ3) is 8.79. The van der Waals surface area contributed by atoms with Crippen LogP contribution >= 0.6 is 11.3 Å². The molecular weight excluding hydrogens is 726 g/mol. The van der Waals surface area contributed by atoms with Crippen LogP contribution in [0.3, 0.4) is 0 Å². The average Bonchev–Trinajstić information content (AvgIpc) is 3.48. The van der Waals surface area contributed by atoms with E-state index in [-0.39, 0.29) is 49.8 Å². The molecule has 1 fully saturated rings. The smallest absolute Gasteiger partial charge is 0.481 e. The fraction of sp³-hybridized carbons (Fsp3) is 0.321. The number of ether oxygens (including phenoxy) is 2. The summed E-state index contributed by atoms with van der Waals surface area (Å²) in [6, 6.07) is 6.47. The largest absolute Gasteiger partial charge is 0.573 e. The molecule has 3 heterocycles. The molecular formula is C28H24F6N6O8S2. The number of carbonyl (C=O) groups is 2. The third-order valence-corrected chi connectivity index (χ3v) is 10.1. The molecule has 1 amide bonds. The molecule has 50 heavy (non-hydrogen) atoms. The molecule has 1 saturated heterocycles. The van der Waals surface area contributed by atoms with E-state index in [0.717, 1.165) is 56.7 Å². The number of nitrogens with one attached hydrogen (secondary N) is 1. The maximum Gasteiger partial charge on any atom is 0.573 e. The Labute approximate surface area is 281 Å². The lowest BCUT2D eigenvalue weighted by Crippen LogP contribution is -2.60. The third-order valence-electron chi connectivity index (χ3n) is 7.12. The Kier molecular flexibility index (Phi) is 10.3. The van der Waals surface area contributed by atoms with E-state index in [1.807, 2.05) is 0 Å². The van der Waals surface area contributed by atoms with Crippen molar-refractivity contribution in [1.29, 1.82) is 0 Å². The fourth-order valence-corrected chi connectivity index (χ4v) is 7.39. The predicted octanol–water partition coefficient (Wildman–Crippen LogP) is 3.32. The maximum atomic E-state index is 13.8. The molecule has 5 rings (SSSR count). The van der Waals surface area contributed by atoms with Crippen molar-refractivity contribution in [3.8, 4) is 11.5 Å². The summed E-state index contributed by atoms with van der Waals surface area (Å²) in [6.07, 6.45) is -8.98. The van der Waals surface area contributed by atoms with Gasteiger partial charge in [0.05, 0.1) is 28.8 Å². The number of nitrogens with zero attached hydrogens (tertiary/aromatic N) is 5. The van der Waals surface area contributed by atoms with Crippen LogP contribution in [0.4, 0.5) is 31.5 Å². The van der Waals surface area contributed by atoms with Crippen molar-refractivity contribution in [3.05, 3.63) is 70.6 Å². The standard InChI is InChI=1S/C28H24F6N6O8S2/c29-27(30,31)47-17-3-1-16(2-4-17)13-35-24(43)20-15-38(26-37-23-21(49-26)14-36-39(25(23)44)10-9-22(41)42)11-12-40(20)50(45,46)19-7-5-18(6-8-19)48-28(32,33)34/h1-8,14,20H,9-13,15H2,(H,35,43)(H,41,42). The minimum absolute atomic E-state index is 0.0273. The van der Waals surface area contributed by atoms with Gasteiger partial charge in [0.2, 0.25) is 15.9 Å². The van der Waals surface area contributed by atoms with E-state index < -0.39 is 62.6 Å². The van der Waals surface area contributed by atoms with Gasteiger partial charge in [0.1, 0.15) is 17.5 Å². The van der Waals surface area contributed by atoms with E-state index in [1.54, 1.807) is 4.90 Å². The number of benzene rings is 2. The second-order valence-electron chi connectivity index (χ2n) is 10.5. The molecule has 1 atom stereocenters. The molecule has 22 heteroatoms. The number of carboxylic acid groups (broad SMARTS) is 1. The lowest BCUT2D eigenvalue weighted by molar-refractivity contribution is -0.275. The summed E-state index contributed by atoms with van der Waals surface area (Å²) in [4.78, 5) is 42.9. The van der Waals surface area contributed by atoms with Crippen LogP contribution in [0.1, 0.15) is 12.0 Å². The number of carboxylic acids is 1. The lowest BCUT2D eigenvalue weighted by atomic mass is 10.1. The second kappa shape index (κ2) is 14.1. The van der Waals surface area contributed by atoms with E-state index in [0.29, 0.717) is 10.3 Å². The number of halogens is 6. The van der Waals surface area contributed by atoms with Crippen molar-refractivity contribution >= 4 is 48.6 Å². The Morgan fingerprint density at radius 2 is 1.56 bits per heavy atom. The number of aliphatic carboxylic acids is 1. The molecule has 0 saturated carbocycles. The van der Waals surface area contributed by atoms with E-state index >= 15 is 0 Å². The van der Waals surface area contributed by atoms with Crippen LogP contribution < -0.4 is 25.2 Å². The molecule has 1 aliphatic rings. The number of anilines is 1. The van der Waals surface area contributed by atoms with Crippen molar-refractivity contribution in [3.63, 3.8) is 0 Å². The van der Waals surface area contributed by atoms with Gasteiger partial charge in [-0.3, -0.25) is 14.4 Å². The molecule has 1 unspecified atom stereocenters. The Bertz CT molecular complexity index is 2040. The summed E-state index contributed by atoms with van der Waals surface area (Å²) in [6.45, 7) is -1.11. The zero-order valence-corrected chi connectivity index (χ0v) is 26.8. The molecule has 0 spiro atoms. The SMILES string of the molecule is O=C(O)CCn1ncc2sc(N3CCN(S(=O)(=O)c4ccc(OC(F)(F)F)cc4)C(C(=O)NCc4ccc(OC(F)(F)F)cc4)C3)nc2c1=O. The number of rotatable bonds is 11. The van der Waals surface area contributed by atoms with Crippen LogP contribution in [-0.2, 0) is 32.7 Å². The van der Waals surface area contributed by atoms with Crippen molar-refractivity contribution in [2.45, 2.75) is 43.2 Å². The molecule has 14 nitrogen and oxygen atoms in total. The topological polar surface area (TPSA) is 173 Å². The van der Waals surface area contributed by atoms with E-state index in [2.05, 4.69) is 24.9 Å². The molecule has 268 valence electrons. The molecule has 4 aromatic rings. The Hall–Kier alpha value is -4.96. The number of piperazine rings is 1. The number of alkyl halides is 6. The number of aromatic nitrogens is 3. The minimum atomic E-state index is -5.02. The molecule has 2 aromatic heterocycles. The number of fused-ring (bicyclic) bond motifs is 1. The van der Waals surface area contributed by atoms with Crippen molar-refractivity contribution in [2.75, 3.05) is 24.5 Å². The number of carbonyl (C=O) groups excluding carboxylic acids is 1. The van der Waals surface area contributed by atoms with Crippen LogP contribution in [0.5, 0.6) is 11.5 Å². The first kappa shape index (κ1) is 36.3. The van der Waals surface area contributed by atoms with Crippen molar-refractivity contribution in [1.82, 2.24) is 24.4 Å². The highest BCUT2D eigenvalue weighted by atomic mass is 32.2. The molecule has 0 radical (unpaired) electrons. The molecule has 1 aliphatic heterocycles. The van der Waals surface area contributed by atoms with E-state index in [1.165, 1.54) is 18.3 Å². The normalized spacial score (nSPS) is 16.0. The van der Waals surface area contributed by atoms with Gasteiger partial charge >= 0.3 is 18.7 Å². The maximum absolute atomic E-state index is 13.8. The first-order valence-corrected chi connectivity index (χ1v) is 16.5. The Balaban J connectivity index is 1.40. The van der Waals surface area contributed by atoms with Gasteiger partial charge in [-0.25, -0.2) is 18.1 Å². The highest BCUT2D eigenvalue weighted by Gasteiger charge is 2.41. The second-order valence-corrected chi connectivity index (χ2v) is 13.4. The molecule has 2 N–H and O–H groups in total. The quantitative estimate of drug-likeness (QED) is 0.216. The average molecular weight is 751 g/mol. The first-order valence-electron chi connectivity index (χ1n) is 14.2. The molecule has 0 aliphatic carbocycles. The number of amides is 1. The van der Waals surface area contributed by atoms with Crippen LogP contribution in [0, 0.1) is 0 Å². The lowest BCUT2D eigenvalue weighted by Gasteiger charge is -2.39. The van der Waals surface area contributed by atoms with Crippen LogP contribution in [0.2, 0.25) is 0 Å². The summed E-state index contributed by atoms with van der Waals surface area (Å²) in [5, 5.41) is 15.7. The van der Waals surface area contributed by atoms with E-state index in [4.69, 9.17) is 5.11 Å². The molecule has 0 bridgehead atoms. The monoisotopic (exact) mass is 750 g/mol. The molecule has 2 aromatic carbocycles. The van der Waals surface area contributed by atoms with E-state index in [9.17, 15) is 49.1 Å². The van der Waals surface area contributed by atoms with Crippen LogP contribution in [0.25, 0.3) is 10.2 Å². The summed E-state index contributed by atoms with van der Waals surface area (Å²) in [5.41, 5.74) is -0.347. The van der Waals surface area contributed by atoms with Gasteiger partial charge in [0.15, 0.2) is 10.6 Å². The Morgan fingerprint density at radius 1 is 0.960 bits per heavy atom. The fourth-order valence-electron chi connectivity index (χ4n) is 4.86. The number of thiazole rings is 1. The van der Waals surface area contributed by atoms with Crippen molar-refractivity contribution in [2.24, 2.45) is 0 Å². The number of aryl methyl sites for hydroxylation is 1. The summed E-state index contributed by atoms with van der Waals surface area (Å²) in [5.74, 6) is -3.15. The number of sulfonamides is 1.